The van der Waals surface area contributed by atoms with Crippen LogP contribution < -0.4 is 10.1 Å². The van der Waals surface area contributed by atoms with E-state index in [2.05, 4.69) is 10.3 Å². The Kier molecular flexibility index (Phi) is 5.25. The fourth-order valence-electron chi connectivity index (χ4n) is 3.24. The molecule has 0 unspecified atom stereocenters. The van der Waals surface area contributed by atoms with Gasteiger partial charge < -0.3 is 14.5 Å². The second-order valence-corrected chi connectivity index (χ2v) is 7.69. The van der Waals surface area contributed by atoms with Crippen LogP contribution in [-0.2, 0) is 11.2 Å². The van der Waals surface area contributed by atoms with E-state index in [1.807, 2.05) is 48.7 Å². The molecule has 2 heterocycles. The van der Waals surface area contributed by atoms with Crippen LogP contribution in [0.1, 0.15) is 37.1 Å². The van der Waals surface area contributed by atoms with E-state index >= 15 is 0 Å². The van der Waals surface area contributed by atoms with Crippen LogP contribution >= 0.6 is 11.3 Å². The van der Waals surface area contributed by atoms with Crippen molar-refractivity contribution in [3.8, 4) is 16.5 Å². The van der Waals surface area contributed by atoms with Gasteiger partial charge in [0.2, 0.25) is 5.91 Å². The lowest BCUT2D eigenvalue weighted by Gasteiger charge is -2.13. The van der Waals surface area contributed by atoms with Gasteiger partial charge in [-0.3, -0.25) is 4.79 Å². The summed E-state index contributed by atoms with van der Waals surface area (Å²) in [6, 6.07) is 11.4. The van der Waals surface area contributed by atoms with E-state index < -0.39 is 0 Å². The maximum absolute atomic E-state index is 12.3. The number of ether oxygens (including phenoxy) is 1. The SMILES string of the molecule is Cc1ccc(-c2nc(CC(=O)Nc3ccc(OC4CCCC4)cc3)cs2)o1. The molecule has 1 aromatic carbocycles. The maximum atomic E-state index is 12.3. The average molecular weight is 382 g/mol. The Morgan fingerprint density at radius 3 is 2.70 bits per heavy atom. The first-order valence-corrected chi connectivity index (χ1v) is 10.1. The molecule has 1 aliphatic rings. The molecule has 1 saturated carbocycles. The van der Waals surface area contributed by atoms with Crippen molar-refractivity contribution in [3.63, 3.8) is 0 Å². The fourth-order valence-corrected chi connectivity index (χ4v) is 4.02. The Morgan fingerprint density at radius 1 is 1.22 bits per heavy atom. The van der Waals surface area contributed by atoms with Crippen LogP contribution in [0.4, 0.5) is 5.69 Å². The number of carbonyl (C=O) groups is 1. The van der Waals surface area contributed by atoms with Gasteiger partial charge in [-0.2, -0.15) is 0 Å². The number of nitrogens with zero attached hydrogens (tertiary/aromatic N) is 1. The van der Waals surface area contributed by atoms with Crippen LogP contribution in [-0.4, -0.2) is 17.0 Å². The van der Waals surface area contributed by atoms with Gasteiger partial charge in [0.15, 0.2) is 10.8 Å². The van der Waals surface area contributed by atoms with Crippen LogP contribution in [0.25, 0.3) is 10.8 Å². The molecule has 4 rings (SSSR count). The quantitative estimate of drug-likeness (QED) is 0.635. The lowest BCUT2D eigenvalue weighted by Crippen LogP contribution is -2.14. The first kappa shape index (κ1) is 17.8. The Bertz CT molecular complexity index is 908. The Balaban J connectivity index is 1.32. The number of hydrogen-bond donors (Lipinski definition) is 1. The van der Waals surface area contributed by atoms with Gasteiger partial charge >= 0.3 is 0 Å². The number of rotatable bonds is 6. The third-order valence-corrected chi connectivity index (χ3v) is 5.49. The number of hydrogen-bond acceptors (Lipinski definition) is 5. The second kappa shape index (κ2) is 7.96. The van der Waals surface area contributed by atoms with E-state index in [9.17, 15) is 4.79 Å². The highest BCUT2D eigenvalue weighted by atomic mass is 32.1. The highest BCUT2D eigenvalue weighted by Gasteiger charge is 2.16. The van der Waals surface area contributed by atoms with Crippen LogP contribution in [0.5, 0.6) is 5.75 Å². The minimum Gasteiger partial charge on any atom is -0.490 e. The molecule has 0 saturated heterocycles. The van der Waals surface area contributed by atoms with Crippen molar-refractivity contribution in [2.45, 2.75) is 45.1 Å². The number of anilines is 1. The molecule has 27 heavy (non-hydrogen) atoms. The zero-order chi connectivity index (χ0) is 18.6. The zero-order valence-corrected chi connectivity index (χ0v) is 16.1. The van der Waals surface area contributed by atoms with E-state index in [1.54, 1.807) is 0 Å². The molecule has 140 valence electrons. The van der Waals surface area contributed by atoms with E-state index in [4.69, 9.17) is 9.15 Å². The maximum Gasteiger partial charge on any atom is 0.230 e. The van der Waals surface area contributed by atoms with Gasteiger partial charge in [0.25, 0.3) is 0 Å². The standard InChI is InChI=1S/C21H22N2O3S/c1-14-6-11-19(25-14)21-23-16(13-27-21)12-20(24)22-15-7-9-18(10-8-15)26-17-4-2-3-5-17/h6-11,13,17H,2-5,12H2,1H3,(H,22,24). The topological polar surface area (TPSA) is 64.4 Å². The summed E-state index contributed by atoms with van der Waals surface area (Å²) in [4.78, 5) is 16.8. The van der Waals surface area contributed by atoms with E-state index in [1.165, 1.54) is 24.2 Å². The van der Waals surface area contributed by atoms with Crippen molar-refractivity contribution in [2.75, 3.05) is 5.32 Å². The number of amides is 1. The predicted octanol–water partition coefficient (Wildman–Crippen LogP) is 5.21. The molecule has 1 fully saturated rings. The molecule has 5 nitrogen and oxygen atoms in total. The molecule has 1 amide bonds. The van der Waals surface area contributed by atoms with Gasteiger partial charge in [0.1, 0.15) is 11.5 Å². The summed E-state index contributed by atoms with van der Waals surface area (Å²) in [5.74, 6) is 2.35. The summed E-state index contributed by atoms with van der Waals surface area (Å²) in [6.45, 7) is 1.90. The fraction of sp³-hybridized carbons (Fsp3) is 0.333. The van der Waals surface area contributed by atoms with Crippen LogP contribution in [0.15, 0.2) is 46.2 Å². The van der Waals surface area contributed by atoms with Crippen LogP contribution in [0, 0.1) is 6.92 Å². The molecular weight excluding hydrogens is 360 g/mol. The zero-order valence-electron chi connectivity index (χ0n) is 15.2. The highest BCUT2D eigenvalue weighted by Crippen LogP contribution is 2.27. The Labute approximate surface area is 162 Å². The monoisotopic (exact) mass is 382 g/mol. The lowest BCUT2D eigenvalue weighted by molar-refractivity contribution is -0.115. The molecule has 1 N–H and O–H groups in total. The van der Waals surface area contributed by atoms with Gasteiger partial charge in [0.05, 0.1) is 18.2 Å². The molecule has 2 aromatic heterocycles. The number of aromatic nitrogens is 1. The van der Waals surface area contributed by atoms with E-state index in [-0.39, 0.29) is 12.3 Å². The molecular formula is C21H22N2O3S. The smallest absolute Gasteiger partial charge is 0.230 e. The molecule has 0 atom stereocenters. The number of furan rings is 1. The number of nitrogens with one attached hydrogen (secondary N) is 1. The van der Waals surface area contributed by atoms with Crippen molar-refractivity contribution in [1.82, 2.24) is 4.98 Å². The lowest BCUT2D eigenvalue weighted by atomic mass is 10.2. The summed E-state index contributed by atoms with van der Waals surface area (Å²) in [6.07, 6.45) is 5.32. The van der Waals surface area contributed by atoms with Crippen LogP contribution in [0.2, 0.25) is 0 Å². The summed E-state index contributed by atoms with van der Waals surface area (Å²) in [5.41, 5.74) is 1.50. The van der Waals surface area contributed by atoms with E-state index in [0.717, 1.165) is 46.5 Å². The van der Waals surface area contributed by atoms with E-state index in [0.29, 0.717) is 6.10 Å². The second-order valence-electron chi connectivity index (χ2n) is 6.83. The van der Waals surface area contributed by atoms with Crippen molar-refractivity contribution in [2.24, 2.45) is 0 Å². The minimum absolute atomic E-state index is 0.0908. The van der Waals surface area contributed by atoms with Crippen LogP contribution in [0.3, 0.4) is 0 Å². The van der Waals surface area contributed by atoms with Crippen molar-refractivity contribution in [1.29, 1.82) is 0 Å². The molecule has 0 radical (unpaired) electrons. The Morgan fingerprint density at radius 2 is 2.00 bits per heavy atom. The summed E-state index contributed by atoms with van der Waals surface area (Å²) >= 11 is 1.48. The number of benzene rings is 1. The molecule has 0 spiro atoms. The number of thiazole rings is 1. The summed E-state index contributed by atoms with van der Waals surface area (Å²) < 4.78 is 11.5. The highest BCUT2D eigenvalue weighted by molar-refractivity contribution is 7.13. The van der Waals surface area contributed by atoms with Crippen molar-refractivity contribution < 1.29 is 13.9 Å². The van der Waals surface area contributed by atoms with Gasteiger partial charge in [0, 0.05) is 11.1 Å². The summed E-state index contributed by atoms with van der Waals surface area (Å²) in [7, 11) is 0. The summed E-state index contributed by atoms with van der Waals surface area (Å²) in [5, 5.41) is 5.60. The molecule has 1 aliphatic carbocycles. The van der Waals surface area contributed by atoms with Crippen molar-refractivity contribution >= 4 is 22.9 Å². The van der Waals surface area contributed by atoms with Gasteiger partial charge in [-0.1, -0.05) is 0 Å². The van der Waals surface area contributed by atoms with Gasteiger partial charge in [-0.05, 0) is 69.0 Å². The molecule has 0 aliphatic heterocycles. The average Bonchev–Trinajstić information content (AvgIpc) is 3.39. The predicted molar refractivity (Wildman–Crippen MR) is 106 cm³/mol. The first-order valence-electron chi connectivity index (χ1n) is 9.23. The molecule has 0 bridgehead atoms. The third kappa shape index (κ3) is 4.57. The molecule has 6 heteroatoms. The number of carbonyl (C=O) groups excluding carboxylic acids is 1. The minimum atomic E-state index is -0.0908. The van der Waals surface area contributed by atoms with Crippen molar-refractivity contribution in [3.05, 3.63) is 53.2 Å². The normalized spacial score (nSPS) is 14.4. The third-order valence-electron chi connectivity index (χ3n) is 4.59. The van der Waals surface area contributed by atoms with Gasteiger partial charge in [-0.25, -0.2) is 4.98 Å². The number of aryl methyl sites for hydroxylation is 1. The largest absolute Gasteiger partial charge is 0.490 e. The van der Waals surface area contributed by atoms with Gasteiger partial charge in [-0.15, -0.1) is 11.3 Å². The molecule has 3 aromatic rings. The Hall–Kier alpha value is -2.60. The first-order chi connectivity index (χ1) is 13.2.